The minimum atomic E-state index is -0.0869. The SMILES string of the molecule is CC1CN(C(=O)c2cc(N)nc(Cl)c2)CCO1. The average molecular weight is 256 g/mol. The Bertz CT molecular complexity index is 418. The van der Waals surface area contributed by atoms with E-state index in [4.69, 9.17) is 22.1 Å². The first-order valence-electron chi connectivity index (χ1n) is 5.40. The van der Waals surface area contributed by atoms with Crippen LogP contribution in [-0.4, -0.2) is 41.6 Å². The maximum Gasteiger partial charge on any atom is 0.254 e. The molecule has 0 aromatic carbocycles. The zero-order chi connectivity index (χ0) is 12.4. The lowest BCUT2D eigenvalue weighted by Crippen LogP contribution is -2.44. The third kappa shape index (κ3) is 2.87. The van der Waals surface area contributed by atoms with E-state index in [0.29, 0.717) is 25.3 Å². The quantitative estimate of drug-likeness (QED) is 0.765. The lowest BCUT2D eigenvalue weighted by atomic mass is 10.2. The molecule has 1 aliphatic rings. The second-order valence-electron chi connectivity index (χ2n) is 4.04. The van der Waals surface area contributed by atoms with Gasteiger partial charge in [-0.3, -0.25) is 4.79 Å². The summed E-state index contributed by atoms with van der Waals surface area (Å²) in [5.74, 6) is 0.165. The highest BCUT2D eigenvalue weighted by Gasteiger charge is 2.22. The van der Waals surface area contributed by atoms with E-state index in [1.807, 2.05) is 6.92 Å². The number of carbonyl (C=O) groups excluding carboxylic acids is 1. The van der Waals surface area contributed by atoms with Crippen molar-refractivity contribution in [3.05, 3.63) is 22.8 Å². The minimum absolute atomic E-state index is 0.0577. The number of morpholine rings is 1. The number of carbonyl (C=O) groups is 1. The van der Waals surface area contributed by atoms with Crippen molar-refractivity contribution in [2.24, 2.45) is 0 Å². The van der Waals surface area contributed by atoms with Gasteiger partial charge in [-0.05, 0) is 19.1 Å². The molecule has 1 amide bonds. The number of ether oxygens (including phenoxy) is 1. The van der Waals surface area contributed by atoms with Crippen LogP contribution in [0.3, 0.4) is 0 Å². The molecule has 1 unspecified atom stereocenters. The molecule has 0 spiro atoms. The van der Waals surface area contributed by atoms with Gasteiger partial charge in [-0.25, -0.2) is 4.98 Å². The molecule has 6 heteroatoms. The molecule has 2 heterocycles. The Labute approximate surface area is 105 Å². The van der Waals surface area contributed by atoms with Crippen molar-refractivity contribution in [2.75, 3.05) is 25.4 Å². The monoisotopic (exact) mass is 255 g/mol. The Balaban J connectivity index is 2.18. The van der Waals surface area contributed by atoms with Gasteiger partial charge in [0.05, 0.1) is 12.7 Å². The number of nitrogens with two attached hydrogens (primary N) is 1. The van der Waals surface area contributed by atoms with E-state index >= 15 is 0 Å². The van der Waals surface area contributed by atoms with Crippen molar-refractivity contribution >= 4 is 23.3 Å². The van der Waals surface area contributed by atoms with Crippen molar-refractivity contribution in [3.63, 3.8) is 0 Å². The second kappa shape index (κ2) is 4.89. The summed E-state index contributed by atoms with van der Waals surface area (Å²) >= 11 is 5.78. The fourth-order valence-electron chi connectivity index (χ4n) is 1.83. The fourth-order valence-corrected chi connectivity index (χ4v) is 2.04. The highest BCUT2D eigenvalue weighted by molar-refractivity contribution is 6.29. The van der Waals surface area contributed by atoms with E-state index < -0.39 is 0 Å². The van der Waals surface area contributed by atoms with Gasteiger partial charge in [-0.2, -0.15) is 0 Å². The third-order valence-corrected chi connectivity index (χ3v) is 2.78. The molecule has 2 N–H and O–H groups in total. The van der Waals surface area contributed by atoms with E-state index in [9.17, 15) is 4.79 Å². The molecule has 1 saturated heterocycles. The summed E-state index contributed by atoms with van der Waals surface area (Å²) in [6.07, 6.45) is 0.0577. The van der Waals surface area contributed by atoms with E-state index in [2.05, 4.69) is 4.98 Å². The lowest BCUT2D eigenvalue weighted by Gasteiger charge is -2.31. The number of hydrogen-bond acceptors (Lipinski definition) is 4. The summed E-state index contributed by atoms with van der Waals surface area (Å²) in [6, 6.07) is 3.06. The Morgan fingerprint density at radius 1 is 1.65 bits per heavy atom. The van der Waals surface area contributed by atoms with Crippen molar-refractivity contribution in [2.45, 2.75) is 13.0 Å². The van der Waals surface area contributed by atoms with Crippen LogP contribution in [0.5, 0.6) is 0 Å². The van der Waals surface area contributed by atoms with Crippen LogP contribution in [0.25, 0.3) is 0 Å². The van der Waals surface area contributed by atoms with Gasteiger partial charge in [-0.15, -0.1) is 0 Å². The molecule has 1 aliphatic heterocycles. The van der Waals surface area contributed by atoms with Crippen molar-refractivity contribution in [1.29, 1.82) is 0 Å². The van der Waals surface area contributed by atoms with Crippen molar-refractivity contribution in [1.82, 2.24) is 9.88 Å². The zero-order valence-corrected chi connectivity index (χ0v) is 10.3. The Morgan fingerprint density at radius 2 is 2.41 bits per heavy atom. The van der Waals surface area contributed by atoms with Crippen LogP contribution in [0.15, 0.2) is 12.1 Å². The van der Waals surface area contributed by atoms with Crippen LogP contribution in [-0.2, 0) is 4.74 Å². The third-order valence-electron chi connectivity index (χ3n) is 2.59. The van der Waals surface area contributed by atoms with E-state index in [1.165, 1.54) is 12.1 Å². The van der Waals surface area contributed by atoms with E-state index in [-0.39, 0.29) is 23.0 Å². The molecule has 92 valence electrons. The first-order valence-corrected chi connectivity index (χ1v) is 5.78. The molecular weight excluding hydrogens is 242 g/mol. The molecule has 0 saturated carbocycles. The predicted octanol–water partition coefficient (Wildman–Crippen LogP) is 1.18. The summed E-state index contributed by atoms with van der Waals surface area (Å²) < 4.78 is 5.38. The van der Waals surface area contributed by atoms with Gasteiger partial charge in [0.25, 0.3) is 5.91 Å². The fraction of sp³-hybridized carbons (Fsp3) is 0.455. The van der Waals surface area contributed by atoms with Crippen molar-refractivity contribution < 1.29 is 9.53 Å². The van der Waals surface area contributed by atoms with Gasteiger partial charge in [0.2, 0.25) is 0 Å². The van der Waals surface area contributed by atoms with Gasteiger partial charge < -0.3 is 15.4 Å². The molecule has 0 bridgehead atoms. The molecule has 1 aromatic heterocycles. The van der Waals surface area contributed by atoms with E-state index in [1.54, 1.807) is 4.90 Å². The first kappa shape index (κ1) is 12.1. The van der Waals surface area contributed by atoms with Gasteiger partial charge in [-0.1, -0.05) is 11.6 Å². The minimum Gasteiger partial charge on any atom is -0.384 e. The predicted molar refractivity (Wildman–Crippen MR) is 65.0 cm³/mol. The number of aromatic nitrogens is 1. The average Bonchev–Trinajstić information content (AvgIpc) is 2.26. The smallest absolute Gasteiger partial charge is 0.254 e. The summed E-state index contributed by atoms with van der Waals surface area (Å²) in [5, 5.41) is 0.231. The van der Waals surface area contributed by atoms with Gasteiger partial charge in [0.15, 0.2) is 0 Å². The van der Waals surface area contributed by atoms with Crippen LogP contribution in [0.4, 0.5) is 5.82 Å². The van der Waals surface area contributed by atoms with Crippen LogP contribution in [0, 0.1) is 0 Å². The molecule has 2 rings (SSSR count). The summed E-state index contributed by atoms with van der Waals surface area (Å²) in [6.45, 7) is 3.66. The summed E-state index contributed by atoms with van der Waals surface area (Å²) in [4.78, 5) is 17.7. The molecule has 0 radical (unpaired) electrons. The molecule has 1 atom stereocenters. The number of nitrogens with zero attached hydrogens (tertiary/aromatic N) is 2. The Hall–Kier alpha value is -1.33. The largest absolute Gasteiger partial charge is 0.384 e. The summed E-state index contributed by atoms with van der Waals surface area (Å²) in [5.41, 5.74) is 6.03. The number of pyridine rings is 1. The van der Waals surface area contributed by atoms with Crippen LogP contribution in [0.2, 0.25) is 5.15 Å². The maximum atomic E-state index is 12.2. The summed E-state index contributed by atoms with van der Waals surface area (Å²) in [7, 11) is 0. The van der Waals surface area contributed by atoms with Crippen LogP contribution >= 0.6 is 11.6 Å². The molecule has 1 aromatic rings. The molecule has 1 fully saturated rings. The Kier molecular flexibility index (Phi) is 3.49. The molecule has 17 heavy (non-hydrogen) atoms. The maximum absolute atomic E-state index is 12.2. The van der Waals surface area contributed by atoms with Crippen LogP contribution < -0.4 is 5.73 Å². The highest BCUT2D eigenvalue weighted by atomic mass is 35.5. The molecule has 5 nitrogen and oxygen atoms in total. The van der Waals surface area contributed by atoms with Gasteiger partial charge >= 0.3 is 0 Å². The lowest BCUT2D eigenvalue weighted by molar-refractivity contribution is -0.0124. The van der Waals surface area contributed by atoms with Crippen molar-refractivity contribution in [3.8, 4) is 0 Å². The first-order chi connectivity index (χ1) is 8.06. The van der Waals surface area contributed by atoms with Gasteiger partial charge in [0.1, 0.15) is 11.0 Å². The van der Waals surface area contributed by atoms with E-state index in [0.717, 1.165) is 0 Å². The number of nitrogen functional groups attached to an aromatic ring is 1. The van der Waals surface area contributed by atoms with Gasteiger partial charge in [0, 0.05) is 18.7 Å². The molecule has 0 aliphatic carbocycles. The standard InChI is InChI=1S/C11H14ClN3O2/c1-7-6-15(2-3-17-7)11(16)8-4-9(12)14-10(13)5-8/h4-5,7H,2-3,6H2,1H3,(H2,13,14). The zero-order valence-electron chi connectivity index (χ0n) is 9.52. The Morgan fingerprint density at radius 3 is 3.06 bits per heavy atom. The number of amides is 1. The number of anilines is 1. The number of halogens is 1. The highest BCUT2D eigenvalue weighted by Crippen LogP contribution is 2.16. The number of rotatable bonds is 1. The normalized spacial score (nSPS) is 20.4. The topological polar surface area (TPSA) is 68.5 Å². The molecular formula is C11H14ClN3O2. The van der Waals surface area contributed by atoms with Crippen LogP contribution in [0.1, 0.15) is 17.3 Å². The number of hydrogen-bond donors (Lipinski definition) is 1. The second-order valence-corrected chi connectivity index (χ2v) is 4.42.